The molecule has 0 heterocycles. The van der Waals surface area contributed by atoms with E-state index in [2.05, 4.69) is 9.62 Å². The molecule has 6 heteroatoms. The van der Waals surface area contributed by atoms with E-state index < -0.39 is 10.0 Å². The number of nitrogens with two attached hydrogens (primary N) is 1. The van der Waals surface area contributed by atoms with Gasteiger partial charge >= 0.3 is 0 Å². The third-order valence-electron chi connectivity index (χ3n) is 3.95. The van der Waals surface area contributed by atoms with Gasteiger partial charge in [0.25, 0.3) is 0 Å². The summed E-state index contributed by atoms with van der Waals surface area (Å²) in [6.45, 7) is 4.29. The summed E-state index contributed by atoms with van der Waals surface area (Å²) >= 11 is 0. The van der Waals surface area contributed by atoms with Crippen LogP contribution in [0.2, 0.25) is 0 Å². The van der Waals surface area contributed by atoms with Gasteiger partial charge in [0.1, 0.15) is 0 Å². The number of hydrogen-bond donors (Lipinski definition) is 2. The number of sulfonamides is 1. The van der Waals surface area contributed by atoms with Crippen LogP contribution in [0.1, 0.15) is 25.3 Å². The SMILES string of the molecule is Cc1ccc(S(=O)(=O)NCC(C)N(C)C2CC2)cc1N. The fraction of sp³-hybridized carbons (Fsp3) is 0.571. The van der Waals surface area contributed by atoms with E-state index in [4.69, 9.17) is 5.73 Å². The van der Waals surface area contributed by atoms with Crippen molar-refractivity contribution < 1.29 is 8.42 Å². The minimum Gasteiger partial charge on any atom is -0.398 e. The van der Waals surface area contributed by atoms with Crippen LogP contribution in [0, 0.1) is 6.92 Å². The van der Waals surface area contributed by atoms with E-state index in [0.29, 0.717) is 18.3 Å². The van der Waals surface area contributed by atoms with E-state index in [0.717, 1.165) is 5.56 Å². The molecule has 0 saturated heterocycles. The predicted molar refractivity (Wildman–Crippen MR) is 81.0 cm³/mol. The normalized spacial score (nSPS) is 17.4. The number of aryl methyl sites for hydroxylation is 1. The van der Waals surface area contributed by atoms with Crippen LogP contribution in [0.25, 0.3) is 0 Å². The largest absolute Gasteiger partial charge is 0.398 e. The maximum atomic E-state index is 12.2. The number of nitrogens with one attached hydrogen (secondary N) is 1. The van der Waals surface area contributed by atoms with Gasteiger partial charge in [-0.25, -0.2) is 13.1 Å². The summed E-state index contributed by atoms with van der Waals surface area (Å²) < 4.78 is 27.1. The molecule has 0 radical (unpaired) electrons. The number of benzene rings is 1. The summed E-state index contributed by atoms with van der Waals surface area (Å²) in [7, 11) is -1.45. The van der Waals surface area contributed by atoms with E-state index in [1.807, 2.05) is 20.9 Å². The van der Waals surface area contributed by atoms with Crippen molar-refractivity contribution in [2.75, 3.05) is 19.3 Å². The summed E-state index contributed by atoms with van der Waals surface area (Å²) in [5.74, 6) is 0. The second-order valence-corrected chi connectivity index (χ2v) is 7.38. The lowest BCUT2D eigenvalue weighted by Crippen LogP contribution is -2.41. The summed E-state index contributed by atoms with van der Waals surface area (Å²) in [6.07, 6.45) is 2.42. The Morgan fingerprint density at radius 2 is 2.10 bits per heavy atom. The molecule has 2 rings (SSSR count). The zero-order valence-electron chi connectivity index (χ0n) is 12.3. The van der Waals surface area contributed by atoms with Crippen LogP contribution in [0.5, 0.6) is 0 Å². The Balaban J connectivity index is 2.01. The number of nitrogens with zero attached hydrogens (tertiary/aromatic N) is 1. The van der Waals surface area contributed by atoms with Crippen molar-refractivity contribution in [3.8, 4) is 0 Å². The zero-order chi connectivity index (χ0) is 14.9. The average molecular weight is 297 g/mol. The first kappa shape index (κ1) is 15.3. The van der Waals surface area contributed by atoms with Gasteiger partial charge in [-0.1, -0.05) is 6.07 Å². The van der Waals surface area contributed by atoms with Gasteiger partial charge in [-0.15, -0.1) is 0 Å². The smallest absolute Gasteiger partial charge is 0.240 e. The van der Waals surface area contributed by atoms with Crippen LogP contribution in [-0.2, 0) is 10.0 Å². The lowest BCUT2D eigenvalue weighted by Gasteiger charge is -2.24. The lowest BCUT2D eigenvalue weighted by molar-refractivity contribution is 0.248. The van der Waals surface area contributed by atoms with Crippen LogP contribution in [0.15, 0.2) is 23.1 Å². The topological polar surface area (TPSA) is 75.4 Å². The Bertz CT molecular complexity index is 582. The molecule has 5 nitrogen and oxygen atoms in total. The molecule has 1 unspecified atom stereocenters. The highest BCUT2D eigenvalue weighted by molar-refractivity contribution is 7.89. The Hall–Kier alpha value is -1.11. The molecule has 0 aliphatic heterocycles. The molecule has 1 aliphatic carbocycles. The summed E-state index contributed by atoms with van der Waals surface area (Å²) in [4.78, 5) is 2.45. The van der Waals surface area contributed by atoms with Gasteiger partial charge in [-0.3, -0.25) is 4.90 Å². The Kier molecular flexibility index (Phi) is 4.36. The molecule has 20 heavy (non-hydrogen) atoms. The van der Waals surface area contributed by atoms with E-state index in [-0.39, 0.29) is 10.9 Å². The van der Waals surface area contributed by atoms with Crippen molar-refractivity contribution in [2.24, 2.45) is 0 Å². The van der Waals surface area contributed by atoms with Gasteiger partial charge < -0.3 is 5.73 Å². The molecular weight excluding hydrogens is 274 g/mol. The Labute approximate surface area is 121 Å². The first-order chi connectivity index (χ1) is 9.31. The van der Waals surface area contributed by atoms with Crippen LogP contribution in [-0.4, -0.2) is 39.0 Å². The number of likely N-dealkylation sites (N-methyl/N-ethyl adjacent to an activating group) is 1. The molecule has 112 valence electrons. The first-order valence-corrected chi connectivity index (χ1v) is 8.37. The van der Waals surface area contributed by atoms with Gasteiger partial charge in [0, 0.05) is 24.3 Å². The molecule has 0 aromatic heterocycles. The molecular formula is C14H23N3O2S. The highest BCUT2D eigenvalue weighted by Gasteiger charge is 2.29. The quantitative estimate of drug-likeness (QED) is 0.777. The maximum absolute atomic E-state index is 12.2. The third-order valence-corrected chi connectivity index (χ3v) is 5.37. The van der Waals surface area contributed by atoms with Crippen molar-refractivity contribution in [3.05, 3.63) is 23.8 Å². The molecule has 0 spiro atoms. The van der Waals surface area contributed by atoms with E-state index in [1.54, 1.807) is 12.1 Å². The van der Waals surface area contributed by atoms with Crippen LogP contribution in [0.4, 0.5) is 5.69 Å². The molecule has 1 aliphatic rings. The van der Waals surface area contributed by atoms with Crippen LogP contribution < -0.4 is 10.5 Å². The van der Waals surface area contributed by atoms with E-state index in [9.17, 15) is 8.42 Å². The second-order valence-electron chi connectivity index (χ2n) is 5.62. The van der Waals surface area contributed by atoms with Gasteiger partial charge in [-0.2, -0.15) is 0 Å². The molecule has 1 aromatic carbocycles. The van der Waals surface area contributed by atoms with Gasteiger partial charge in [-0.05, 0) is 51.4 Å². The Morgan fingerprint density at radius 3 is 2.65 bits per heavy atom. The maximum Gasteiger partial charge on any atom is 0.240 e. The average Bonchev–Trinajstić information content (AvgIpc) is 3.22. The van der Waals surface area contributed by atoms with E-state index >= 15 is 0 Å². The summed E-state index contributed by atoms with van der Waals surface area (Å²) in [5.41, 5.74) is 7.15. The third kappa shape index (κ3) is 3.50. The van der Waals surface area contributed by atoms with Crippen molar-refractivity contribution >= 4 is 15.7 Å². The number of anilines is 1. The number of nitrogen functional groups attached to an aromatic ring is 1. The molecule has 3 N–H and O–H groups in total. The summed E-state index contributed by atoms with van der Waals surface area (Å²) in [5, 5.41) is 0. The number of hydrogen-bond acceptors (Lipinski definition) is 4. The highest BCUT2D eigenvalue weighted by Crippen LogP contribution is 2.26. The fourth-order valence-electron chi connectivity index (χ4n) is 2.09. The molecule has 0 bridgehead atoms. The molecule has 0 amide bonds. The monoisotopic (exact) mass is 297 g/mol. The molecule has 1 fully saturated rings. The second kappa shape index (κ2) is 5.71. The van der Waals surface area contributed by atoms with Gasteiger partial charge in [0.2, 0.25) is 10.0 Å². The van der Waals surface area contributed by atoms with Crippen molar-refractivity contribution in [1.82, 2.24) is 9.62 Å². The number of rotatable bonds is 6. The van der Waals surface area contributed by atoms with E-state index in [1.165, 1.54) is 18.9 Å². The first-order valence-electron chi connectivity index (χ1n) is 6.89. The predicted octanol–water partition coefficient (Wildman–Crippen LogP) is 1.34. The van der Waals surface area contributed by atoms with Crippen LogP contribution >= 0.6 is 0 Å². The van der Waals surface area contributed by atoms with Gasteiger partial charge in [0.05, 0.1) is 4.90 Å². The van der Waals surface area contributed by atoms with Crippen molar-refractivity contribution in [2.45, 2.75) is 43.7 Å². The van der Waals surface area contributed by atoms with Crippen LogP contribution in [0.3, 0.4) is 0 Å². The van der Waals surface area contributed by atoms with Crippen molar-refractivity contribution in [3.63, 3.8) is 0 Å². The molecule has 1 atom stereocenters. The zero-order valence-corrected chi connectivity index (χ0v) is 13.1. The minimum absolute atomic E-state index is 0.181. The Morgan fingerprint density at radius 1 is 1.45 bits per heavy atom. The molecule has 1 aromatic rings. The standard InChI is InChI=1S/C14H23N3O2S/c1-10-4-7-13(8-14(10)15)20(18,19)16-9-11(2)17(3)12-5-6-12/h4,7-8,11-12,16H,5-6,9,15H2,1-3H3. The lowest BCUT2D eigenvalue weighted by atomic mass is 10.2. The fourth-order valence-corrected chi connectivity index (χ4v) is 3.24. The minimum atomic E-state index is -3.49. The van der Waals surface area contributed by atoms with Gasteiger partial charge in [0.15, 0.2) is 0 Å². The van der Waals surface area contributed by atoms with Crippen molar-refractivity contribution in [1.29, 1.82) is 0 Å². The highest BCUT2D eigenvalue weighted by atomic mass is 32.2. The summed E-state index contributed by atoms with van der Waals surface area (Å²) in [6, 6.07) is 5.62. The molecule has 1 saturated carbocycles.